The molecule has 0 bridgehead atoms. The average molecular weight is 583 g/mol. The topological polar surface area (TPSA) is 138 Å². The summed E-state index contributed by atoms with van der Waals surface area (Å²) in [7, 11) is 1.59. The third-order valence-electron chi connectivity index (χ3n) is 7.73. The number of likely N-dealkylation sites (tertiary alicyclic amines) is 1. The van der Waals surface area contributed by atoms with Gasteiger partial charge in [-0.2, -0.15) is 0 Å². The fourth-order valence-electron chi connectivity index (χ4n) is 5.52. The molecule has 2 aliphatic rings. The Morgan fingerprint density at radius 3 is 2.66 bits per heavy atom. The van der Waals surface area contributed by atoms with E-state index in [0.717, 1.165) is 18.4 Å². The number of ether oxygens (including phenoxy) is 3. The highest BCUT2D eigenvalue weighted by molar-refractivity contribution is 7.22. The molecule has 2 saturated heterocycles. The Morgan fingerprint density at radius 1 is 1.22 bits per heavy atom. The van der Waals surface area contributed by atoms with Crippen LogP contribution in [0.15, 0.2) is 50.7 Å². The predicted molar refractivity (Wildman–Crippen MR) is 150 cm³/mol. The van der Waals surface area contributed by atoms with Crippen molar-refractivity contribution in [3.05, 3.63) is 68.7 Å². The van der Waals surface area contributed by atoms with Gasteiger partial charge in [-0.3, -0.25) is 13.9 Å². The summed E-state index contributed by atoms with van der Waals surface area (Å²) in [5, 5.41) is 9.74. The molecule has 0 spiro atoms. The van der Waals surface area contributed by atoms with Gasteiger partial charge < -0.3 is 28.6 Å². The predicted octanol–water partition coefficient (Wildman–Crippen LogP) is 3.67. The lowest BCUT2D eigenvalue weighted by Gasteiger charge is -2.37. The molecular formula is C28H30N4O8S. The summed E-state index contributed by atoms with van der Waals surface area (Å²) in [4.78, 5) is 46.0. The number of carbonyl (C=O) groups is 1. The van der Waals surface area contributed by atoms with Crippen LogP contribution in [0.4, 0.5) is 4.79 Å². The van der Waals surface area contributed by atoms with E-state index in [2.05, 4.69) is 4.98 Å². The number of para-hydroxylation sites is 1. The molecule has 0 radical (unpaired) electrons. The number of hydrogen-bond acceptors (Lipinski definition) is 9. The van der Waals surface area contributed by atoms with Gasteiger partial charge in [0.1, 0.15) is 22.9 Å². The van der Waals surface area contributed by atoms with Crippen molar-refractivity contribution in [2.75, 3.05) is 33.4 Å². The van der Waals surface area contributed by atoms with Gasteiger partial charge in [-0.15, -0.1) is 11.3 Å². The minimum atomic E-state index is -1.09. The number of hydrogen-bond donors (Lipinski definition) is 1. The molecule has 216 valence electrons. The SMILES string of the molecule is COc1ccccc1C(Cn1c(=O)n(C2CN(C(=O)O)C2)c(=O)c2c(C)c(-c3ncco3)sc21)OC1CCOCC1. The number of fused-ring (bicyclic) bond motifs is 1. The van der Waals surface area contributed by atoms with Gasteiger partial charge >= 0.3 is 11.8 Å². The number of carboxylic acid groups (broad SMARTS) is 1. The molecular weight excluding hydrogens is 552 g/mol. The number of aromatic nitrogens is 3. The number of oxazole rings is 1. The van der Waals surface area contributed by atoms with Crippen LogP contribution in [0.25, 0.3) is 21.0 Å². The van der Waals surface area contributed by atoms with Crippen LogP contribution in [-0.2, 0) is 16.0 Å². The fourth-order valence-corrected chi connectivity index (χ4v) is 6.76. The van der Waals surface area contributed by atoms with Gasteiger partial charge in [-0.1, -0.05) is 18.2 Å². The molecule has 3 aromatic heterocycles. The molecule has 6 rings (SSSR count). The maximum absolute atomic E-state index is 14.2. The van der Waals surface area contributed by atoms with Crippen molar-refractivity contribution in [1.82, 2.24) is 19.0 Å². The Bertz CT molecular complexity index is 1680. The normalized spacial score (nSPS) is 17.1. The van der Waals surface area contributed by atoms with Crippen molar-refractivity contribution in [3.63, 3.8) is 0 Å². The fraction of sp³-hybridized carbons (Fsp3) is 0.429. The molecule has 1 amide bonds. The molecule has 5 heterocycles. The lowest BCUT2D eigenvalue weighted by atomic mass is 10.1. The molecule has 41 heavy (non-hydrogen) atoms. The van der Waals surface area contributed by atoms with Gasteiger partial charge in [0.25, 0.3) is 5.56 Å². The average Bonchev–Trinajstić information content (AvgIpc) is 3.60. The number of nitrogens with zero attached hydrogens (tertiary/aromatic N) is 4. The van der Waals surface area contributed by atoms with Crippen molar-refractivity contribution in [1.29, 1.82) is 0 Å². The van der Waals surface area contributed by atoms with E-state index < -0.39 is 29.5 Å². The van der Waals surface area contributed by atoms with Crippen molar-refractivity contribution < 1.29 is 28.5 Å². The summed E-state index contributed by atoms with van der Waals surface area (Å²) in [5.74, 6) is 0.982. The monoisotopic (exact) mass is 582 g/mol. The number of rotatable bonds is 8. The first-order valence-electron chi connectivity index (χ1n) is 13.4. The van der Waals surface area contributed by atoms with Crippen molar-refractivity contribution in [2.24, 2.45) is 0 Å². The Kier molecular flexibility index (Phi) is 7.41. The van der Waals surface area contributed by atoms with Crippen LogP contribution in [0, 0.1) is 6.92 Å². The van der Waals surface area contributed by atoms with Gasteiger partial charge in [-0.05, 0) is 31.4 Å². The summed E-state index contributed by atoms with van der Waals surface area (Å²) in [5.41, 5.74) is 0.449. The van der Waals surface area contributed by atoms with E-state index in [0.29, 0.717) is 45.5 Å². The van der Waals surface area contributed by atoms with Gasteiger partial charge in [0.15, 0.2) is 0 Å². The second-order valence-corrected chi connectivity index (χ2v) is 11.2. The van der Waals surface area contributed by atoms with Crippen molar-refractivity contribution >= 4 is 27.6 Å². The van der Waals surface area contributed by atoms with Crippen LogP contribution in [0.5, 0.6) is 5.75 Å². The van der Waals surface area contributed by atoms with Crippen LogP contribution in [0.1, 0.15) is 36.1 Å². The minimum Gasteiger partial charge on any atom is -0.496 e. The van der Waals surface area contributed by atoms with Crippen LogP contribution in [0.2, 0.25) is 0 Å². The van der Waals surface area contributed by atoms with E-state index in [1.165, 1.54) is 33.3 Å². The van der Waals surface area contributed by atoms with Gasteiger partial charge in [0, 0.05) is 31.9 Å². The smallest absolute Gasteiger partial charge is 0.407 e. The standard InChI is InChI=1S/C28H30N4O8S/c1-16-22-25(33)32(17-13-30(14-17)28(35)36)27(34)31(26(22)41-23(16)24-29-9-12-39-24)15-21(40-18-7-10-38-11-8-18)19-5-3-4-6-20(19)37-2/h3-6,9,12,17-18,21H,7-8,10-11,13-15H2,1-2H3,(H,35,36). The number of aryl methyl sites for hydroxylation is 1. The third kappa shape index (κ3) is 4.94. The summed E-state index contributed by atoms with van der Waals surface area (Å²) in [6.07, 6.45) is 2.67. The highest BCUT2D eigenvalue weighted by Crippen LogP contribution is 2.38. The molecule has 2 fully saturated rings. The zero-order chi connectivity index (χ0) is 28.7. The summed E-state index contributed by atoms with van der Waals surface area (Å²) in [6.45, 7) is 3.20. The van der Waals surface area contributed by atoms with E-state index >= 15 is 0 Å². The maximum Gasteiger partial charge on any atom is 0.407 e. The number of benzene rings is 1. The first-order valence-corrected chi connectivity index (χ1v) is 14.2. The molecule has 1 N–H and O–H groups in total. The molecule has 12 nitrogen and oxygen atoms in total. The highest BCUT2D eigenvalue weighted by Gasteiger charge is 2.36. The number of amides is 1. The number of thiophene rings is 1. The second-order valence-electron chi connectivity index (χ2n) is 10.2. The first kappa shape index (κ1) is 27.2. The van der Waals surface area contributed by atoms with Crippen molar-refractivity contribution in [2.45, 2.75) is 44.6 Å². The molecule has 1 unspecified atom stereocenters. The summed E-state index contributed by atoms with van der Waals surface area (Å²) >= 11 is 1.26. The highest BCUT2D eigenvalue weighted by atomic mass is 32.1. The minimum absolute atomic E-state index is 0.0558. The molecule has 0 aliphatic carbocycles. The summed E-state index contributed by atoms with van der Waals surface area (Å²) in [6, 6.07) is 6.94. The van der Waals surface area contributed by atoms with E-state index in [1.54, 1.807) is 18.6 Å². The van der Waals surface area contributed by atoms with Crippen molar-refractivity contribution in [3.8, 4) is 16.5 Å². The van der Waals surface area contributed by atoms with Crippen LogP contribution in [0.3, 0.4) is 0 Å². The molecule has 0 saturated carbocycles. The van der Waals surface area contributed by atoms with Gasteiger partial charge in [0.05, 0.1) is 42.3 Å². The lowest BCUT2D eigenvalue weighted by molar-refractivity contribution is -0.0753. The lowest BCUT2D eigenvalue weighted by Crippen LogP contribution is -2.56. The van der Waals surface area contributed by atoms with E-state index in [4.69, 9.17) is 18.6 Å². The molecule has 2 aliphatic heterocycles. The van der Waals surface area contributed by atoms with E-state index in [9.17, 15) is 19.5 Å². The quantitative estimate of drug-likeness (QED) is 0.330. The maximum atomic E-state index is 14.2. The molecule has 4 aromatic rings. The molecule has 1 aromatic carbocycles. The van der Waals surface area contributed by atoms with Crippen LogP contribution >= 0.6 is 11.3 Å². The largest absolute Gasteiger partial charge is 0.496 e. The van der Waals surface area contributed by atoms with E-state index in [1.807, 2.05) is 24.3 Å². The zero-order valence-corrected chi connectivity index (χ0v) is 23.5. The summed E-state index contributed by atoms with van der Waals surface area (Å²) < 4.78 is 26.1. The van der Waals surface area contributed by atoms with Crippen LogP contribution in [-0.4, -0.2) is 69.7 Å². The second kappa shape index (κ2) is 11.1. The first-order chi connectivity index (χ1) is 19.9. The Morgan fingerprint density at radius 2 is 1.98 bits per heavy atom. The number of methoxy groups -OCH3 is 1. The van der Waals surface area contributed by atoms with Gasteiger partial charge in [-0.25, -0.2) is 14.6 Å². The van der Waals surface area contributed by atoms with Gasteiger partial charge in [0.2, 0.25) is 5.89 Å². The Labute approximate surface area is 238 Å². The zero-order valence-electron chi connectivity index (χ0n) is 22.6. The third-order valence-corrected chi connectivity index (χ3v) is 9.03. The van der Waals surface area contributed by atoms with Crippen LogP contribution < -0.4 is 16.0 Å². The Balaban J connectivity index is 1.52. The Hall–Kier alpha value is -3.94. The molecule has 13 heteroatoms. The molecule has 1 atom stereocenters. The van der Waals surface area contributed by atoms with E-state index in [-0.39, 0.29) is 25.7 Å².